The van der Waals surface area contributed by atoms with Crippen molar-refractivity contribution in [3.63, 3.8) is 0 Å². The van der Waals surface area contributed by atoms with Crippen LogP contribution in [0.15, 0.2) is 24.4 Å². The molecular weight excluding hydrogens is 365 g/mol. The van der Waals surface area contributed by atoms with E-state index in [0.717, 1.165) is 6.20 Å². The highest BCUT2D eigenvalue weighted by Gasteiger charge is 2.49. The fraction of sp³-hybridized carbons (Fsp3) is 0.214. The second kappa shape index (κ2) is 5.69. The minimum Gasteiger partial charge on any atom is -0.493 e. The van der Waals surface area contributed by atoms with Crippen molar-refractivity contribution in [2.75, 3.05) is 14.2 Å². The SMILES string of the molecule is COc1cc2[nH]c3c(OS(=O)(=O)C(F)(F)F)nccc3c2cc1OC. The van der Waals surface area contributed by atoms with Crippen molar-refractivity contribution in [1.82, 2.24) is 9.97 Å². The van der Waals surface area contributed by atoms with E-state index in [1.807, 2.05) is 0 Å². The molecule has 134 valence electrons. The summed E-state index contributed by atoms with van der Waals surface area (Å²) in [5.74, 6) is 0.0851. The molecule has 0 aliphatic heterocycles. The Balaban J connectivity index is 2.23. The minimum atomic E-state index is -5.84. The van der Waals surface area contributed by atoms with Gasteiger partial charge in [-0.1, -0.05) is 0 Å². The van der Waals surface area contributed by atoms with Gasteiger partial charge in [-0.2, -0.15) is 21.6 Å². The molecule has 0 saturated heterocycles. The van der Waals surface area contributed by atoms with Crippen LogP contribution in [0.1, 0.15) is 0 Å². The number of benzene rings is 1. The van der Waals surface area contributed by atoms with Crippen LogP contribution in [0.2, 0.25) is 0 Å². The molecule has 0 unspecified atom stereocenters. The molecule has 0 amide bonds. The number of hydrogen-bond donors (Lipinski definition) is 1. The molecule has 2 aromatic heterocycles. The molecule has 3 rings (SSSR count). The number of methoxy groups -OCH3 is 2. The van der Waals surface area contributed by atoms with Gasteiger partial charge >= 0.3 is 15.6 Å². The monoisotopic (exact) mass is 376 g/mol. The van der Waals surface area contributed by atoms with Crippen LogP contribution in [-0.2, 0) is 10.1 Å². The highest BCUT2D eigenvalue weighted by atomic mass is 32.2. The van der Waals surface area contributed by atoms with Crippen molar-refractivity contribution in [1.29, 1.82) is 0 Å². The van der Waals surface area contributed by atoms with E-state index in [0.29, 0.717) is 27.8 Å². The van der Waals surface area contributed by atoms with Gasteiger partial charge < -0.3 is 18.6 Å². The maximum atomic E-state index is 12.5. The van der Waals surface area contributed by atoms with Gasteiger partial charge in [-0.05, 0) is 12.1 Å². The number of nitrogens with one attached hydrogen (secondary N) is 1. The van der Waals surface area contributed by atoms with Crippen LogP contribution in [0, 0.1) is 0 Å². The maximum Gasteiger partial charge on any atom is 0.534 e. The Morgan fingerprint density at radius 3 is 2.32 bits per heavy atom. The van der Waals surface area contributed by atoms with Crippen molar-refractivity contribution < 1.29 is 35.2 Å². The van der Waals surface area contributed by atoms with Crippen LogP contribution in [0.4, 0.5) is 13.2 Å². The van der Waals surface area contributed by atoms with E-state index < -0.39 is 21.5 Å². The number of hydrogen-bond acceptors (Lipinski definition) is 6. The predicted octanol–water partition coefficient (Wildman–Crippen LogP) is 2.96. The number of ether oxygens (including phenoxy) is 2. The summed E-state index contributed by atoms with van der Waals surface area (Å²) in [4.78, 5) is 6.38. The van der Waals surface area contributed by atoms with E-state index >= 15 is 0 Å². The van der Waals surface area contributed by atoms with Crippen molar-refractivity contribution >= 4 is 31.9 Å². The number of pyridine rings is 1. The first-order chi connectivity index (χ1) is 11.7. The van der Waals surface area contributed by atoms with Crippen LogP contribution in [0.3, 0.4) is 0 Å². The molecule has 0 radical (unpaired) electrons. The zero-order valence-electron chi connectivity index (χ0n) is 12.8. The zero-order valence-corrected chi connectivity index (χ0v) is 13.7. The molecule has 0 fully saturated rings. The number of alkyl halides is 3. The molecule has 0 spiro atoms. The lowest BCUT2D eigenvalue weighted by Crippen LogP contribution is -2.28. The maximum absolute atomic E-state index is 12.5. The Morgan fingerprint density at radius 2 is 1.72 bits per heavy atom. The molecule has 11 heteroatoms. The average molecular weight is 376 g/mol. The number of fused-ring (bicyclic) bond motifs is 3. The third-order valence-electron chi connectivity index (χ3n) is 3.46. The Bertz CT molecular complexity index is 1060. The van der Waals surface area contributed by atoms with Crippen LogP contribution >= 0.6 is 0 Å². The number of aromatic amines is 1. The molecule has 25 heavy (non-hydrogen) atoms. The summed E-state index contributed by atoms with van der Waals surface area (Å²) in [5, 5.41) is 0.989. The molecule has 3 aromatic rings. The predicted molar refractivity (Wildman–Crippen MR) is 82.3 cm³/mol. The van der Waals surface area contributed by atoms with Crippen LogP contribution in [0.25, 0.3) is 21.8 Å². The van der Waals surface area contributed by atoms with Gasteiger partial charge in [0.15, 0.2) is 11.5 Å². The standard InChI is InChI=1S/C14H11F3N2O5S/c1-22-10-5-8-7-3-4-18-13(24-25(20,21)14(15,16)17)12(7)19-9(8)6-11(10)23-2/h3-6,19H,1-2H3. The molecule has 7 nitrogen and oxygen atoms in total. The largest absolute Gasteiger partial charge is 0.534 e. The first-order valence-electron chi connectivity index (χ1n) is 6.71. The number of aromatic nitrogens is 2. The van der Waals surface area contributed by atoms with E-state index in [1.54, 1.807) is 12.1 Å². The summed E-state index contributed by atoms with van der Waals surface area (Å²) in [5.41, 5.74) is -5.08. The van der Waals surface area contributed by atoms with E-state index in [9.17, 15) is 21.6 Å². The molecule has 2 heterocycles. The van der Waals surface area contributed by atoms with Gasteiger partial charge in [-0.25, -0.2) is 4.98 Å². The van der Waals surface area contributed by atoms with E-state index in [2.05, 4.69) is 14.2 Å². The topological polar surface area (TPSA) is 90.5 Å². The number of H-pyrrole nitrogens is 1. The molecule has 1 aromatic carbocycles. The Kier molecular flexibility index (Phi) is 3.90. The number of rotatable bonds is 4. The second-order valence-electron chi connectivity index (χ2n) is 4.90. The first-order valence-corrected chi connectivity index (χ1v) is 8.12. The number of nitrogens with zero attached hydrogens (tertiary/aromatic N) is 1. The van der Waals surface area contributed by atoms with Crippen molar-refractivity contribution in [2.45, 2.75) is 5.51 Å². The van der Waals surface area contributed by atoms with Gasteiger partial charge in [0.05, 0.1) is 19.7 Å². The van der Waals surface area contributed by atoms with Gasteiger partial charge in [0.1, 0.15) is 5.52 Å². The summed E-state index contributed by atoms with van der Waals surface area (Å²) in [6.07, 6.45) is 1.15. The molecule has 1 N–H and O–H groups in total. The zero-order chi connectivity index (χ0) is 18.4. The number of halogens is 3. The van der Waals surface area contributed by atoms with Crippen molar-refractivity contribution in [3.8, 4) is 17.4 Å². The minimum absolute atomic E-state index is 0.000584. The fourth-order valence-corrected chi connectivity index (χ4v) is 2.77. The lowest BCUT2D eigenvalue weighted by molar-refractivity contribution is -0.0500. The highest BCUT2D eigenvalue weighted by Crippen LogP contribution is 2.38. The van der Waals surface area contributed by atoms with Crippen molar-refractivity contribution in [2.24, 2.45) is 0 Å². The smallest absolute Gasteiger partial charge is 0.493 e. The van der Waals surface area contributed by atoms with Crippen LogP contribution in [-0.4, -0.2) is 38.1 Å². The highest BCUT2D eigenvalue weighted by molar-refractivity contribution is 7.88. The molecule has 0 atom stereocenters. The summed E-state index contributed by atoms with van der Waals surface area (Å²) >= 11 is 0. The van der Waals surface area contributed by atoms with Gasteiger partial charge in [-0.15, -0.1) is 0 Å². The summed E-state index contributed by atoms with van der Waals surface area (Å²) in [6, 6.07) is 4.68. The Labute approximate surface area is 139 Å². The Morgan fingerprint density at radius 1 is 1.08 bits per heavy atom. The quantitative estimate of drug-likeness (QED) is 0.556. The second-order valence-corrected chi connectivity index (χ2v) is 6.44. The molecule has 0 aliphatic carbocycles. The van der Waals surface area contributed by atoms with Gasteiger partial charge in [-0.3, -0.25) is 0 Å². The first kappa shape index (κ1) is 17.1. The van der Waals surface area contributed by atoms with Crippen LogP contribution < -0.4 is 13.7 Å². The van der Waals surface area contributed by atoms with Crippen molar-refractivity contribution in [3.05, 3.63) is 24.4 Å². The van der Waals surface area contributed by atoms with E-state index in [-0.39, 0.29) is 5.52 Å². The van der Waals surface area contributed by atoms with E-state index in [4.69, 9.17) is 9.47 Å². The van der Waals surface area contributed by atoms with Crippen LogP contribution in [0.5, 0.6) is 17.4 Å². The third kappa shape index (κ3) is 2.80. The van der Waals surface area contributed by atoms with Gasteiger partial charge in [0.2, 0.25) is 0 Å². The summed E-state index contributed by atoms with van der Waals surface area (Å²) in [6.45, 7) is 0. The van der Waals surface area contributed by atoms with Gasteiger partial charge in [0, 0.05) is 23.0 Å². The summed E-state index contributed by atoms with van der Waals surface area (Å²) in [7, 11) is -2.97. The fourth-order valence-electron chi connectivity index (χ4n) is 2.34. The Hall–Kier alpha value is -2.69. The summed E-state index contributed by atoms with van der Waals surface area (Å²) < 4.78 is 74.6. The average Bonchev–Trinajstić information content (AvgIpc) is 2.91. The molecule has 0 saturated carbocycles. The van der Waals surface area contributed by atoms with E-state index in [1.165, 1.54) is 20.3 Å². The molecule has 0 aliphatic rings. The molecular formula is C14H11F3N2O5S. The normalized spacial score (nSPS) is 12.5. The van der Waals surface area contributed by atoms with Gasteiger partial charge in [0.25, 0.3) is 5.88 Å². The molecule has 0 bridgehead atoms. The lowest BCUT2D eigenvalue weighted by atomic mass is 10.1. The lowest BCUT2D eigenvalue weighted by Gasteiger charge is -2.08. The third-order valence-corrected chi connectivity index (χ3v) is 4.41.